The van der Waals surface area contributed by atoms with E-state index in [1.165, 1.54) is 43.3 Å². The van der Waals surface area contributed by atoms with Gasteiger partial charge < -0.3 is 10.4 Å². The first-order valence-corrected chi connectivity index (χ1v) is 7.65. The molecule has 1 amide bonds. The van der Waals surface area contributed by atoms with Crippen molar-refractivity contribution in [1.29, 1.82) is 0 Å². The summed E-state index contributed by atoms with van der Waals surface area (Å²) < 4.78 is 0. The molecule has 2 aromatic carbocycles. The number of Topliss-reactive ketones (excluding diaryl/α,β-unsaturated/α-hetero) is 1. The molecule has 124 valence electrons. The van der Waals surface area contributed by atoms with E-state index in [2.05, 4.69) is 5.32 Å². The fourth-order valence-corrected chi connectivity index (χ4v) is 2.53. The van der Waals surface area contributed by atoms with Crippen LogP contribution in [0.5, 0.6) is 0 Å². The lowest BCUT2D eigenvalue weighted by Gasteiger charge is -2.10. The number of carbonyl (C=O) groups is 3. The van der Waals surface area contributed by atoms with Crippen LogP contribution in [0.25, 0.3) is 0 Å². The maximum absolute atomic E-state index is 12.3. The maximum atomic E-state index is 12.3. The highest BCUT2D eigenvalue weighted by molar-refractivity contribution is 6.32. The highest BCUT2D eigenvalue weighted by atomic mass is 35.5. The zero-order valence-electron chi connectivity index (χ0n) is 12.6. The van der Waals surface area contributed by atoms with Crippen LogP contribution in [-0.4, -0.2) is 22.8 Å². The molecule has 24 heavy (non-hydrogen) atoms. The van der Waals surface area contributed by atoms with Crippen molar-refractivity contribution in [2.45, 2.75) is 13.5 Å². The molecule has 0 unspecified atom stereocenters. The molecule has 0 radical (unpaired) electrons. The zero-order valence-corrected chi connectivity index (χ0v) is 14.1. The van der Waals surface area contributed by atoms with Gasteiger partial charge in [-0.25, -0.2) is 4.79 Å². The predicted molar refractivity (Wildman–Crippen MR) is 91.0 cm³/mol. The molecule has 0 bridgehead atoms. The van der Waals surface area contributed by atoms with E-state index < -0.39 is 11.9 Å². The summed E-state index contributed by atoms with van der Waals surface area (Å²) in [5, 5.41) is 12.1. The molecule has 0 aliphatic rings. The van der Waals surface area contributed by atoms with E-state index in [-0.39, 0.29) is 34.0 Å². The molecule has 0 saturated carbocycles. The second-order valence-electron chi connectivity index (χ2n) is 5.04. The minimum atomic E-state index is -1.09. The van der Waals surface area contributed by atoms with Gasteiger partial charge in [0, 0.05) is 22.2 Å². The zero-order chi connectivity index (χ0) is 17.9. The summed E-state index contributed by atoms with van der Waals surface area (Å²) in [6, 6.07) is 8.69. The molecule has 2 aromatic rings. The molecule has 0 fully saturated rings. The Bertz CT molecular complexity index is 833. The van der Waals surface area contributed by atoms with Gasteiger partial charge in [0.15, 0.2) is 5.78 Å². The van der Waals surface area contributed by atoms with Crippen molar-refractivity contribution >= 4 is 40.9 Å². The van der Waals surface area contributed by atoms with Gasteiger partial charge in [0.2, 0.25) is 0 Å². The van der Waals surface area contributed by atoms with Crippen molar-refractivity contribution in [3.8, 4) is 0 Å². The largest absolute Gasteiger partial charge is 0.478 e. The average Bonchev–Trinajstić information content (AvgIpc) is 2.52. The fraction of sp³-hybridized carbons (Fsp3) is 0.118. The molecule has 0 heterocycles. The lowest BCUT2D eigenvalue weighted by molar-refractivity contribution is 0.0696. The monoisotopic (exact) mass is 365 g/mol. The SMILES string of the molecule is CC(=O)c1ccc(Cl)cc1C(=O)NCc1ccc(C(=O)O)cc1Cl. The molecule has 0 spiro atoms. The number of aromatic carboxylic acids is 1. The van der Waals surface area contributed by atoms with Crippen LogP contribution in [-0.2, 0) is 6.54 Å². The smallest absolute Gasteiger partial charge is 0.335 e. The Labute approximate surface area is 148 Å². The van der Waals surface area contributed by atoms with Crippen molar-refractivity contribution in [1.82, 2.24) is 5.32 Å². The van der Waals surface area contributed by atoms with Crippen LogP contribution in [0.15, 0.2) is 36.4 Å². The first-order chi connectivity index (χ1) is 11.3. The number of rotatable bonds is 5. The quantitative estimate of drug-likeness (QED) is 0.788. The Balaban J connectivity index is 2.18. The third-order valence-electron chi connectivity index (χ3n) is 3.34. The lowest BCUT2D eigenvalue weighted by atomic mass is 10.0. The molecule has 0 saturated heterocycles. The predicted octanol–water partition coefficient (Wildman–Crippen LogP) is 3.82. The fourth-order valence-electron chi connectivity index (χ4n) is 2.11. The molecule has 5 nitrogen and oxygen atoms in total. The Morgan fingerprint density at radius 1 is 1.04 bits per heavy atom. The molecule has 0 atom stereocenters. The first kappa shape index (κ1) is 18.0. The topological polar surface area (TPSA) is 83.5 Å². The minimum Gasteiger partial charge on any atom is -0.478 e. The highest BCUT2D eigenvalue weighted by Gasteiger charge is 2.15. The number of carboxylic acid groups (broad SMARTS) is 1. The van der Waals surface area contributed by atoms with Gasteiger partial charge >= 0.3 is 5.97 Å². The van der Waals surface area contributed by atoms with Crippen molar-refractivity contribution in [3.05, 3.63) is 68.7 Å². The van der Waals surface area contributed by atoms with Crippen LogP contribution in [0.4, 0.5) is 0 Å². The number of halogens is 2. The number of carboxylic acids is 1. The molecule has 0 aromatic heterocycles. The standard InChI is InChI=1S/C17H13Cl2NO4/c1-9(21)13-5-4-12(18)7-14(13)16(22)20-8-11-3-2-10(17(23)24)6-15(11)19/h2-7H,8H2,1H3,(H,20,22)(H,23,24). The van der Waals surface area contributed by atoms with Gasteiger partial charge in [0.1, 0.15) is 0 Å². The van der Waals surface area contributed by atoms with Crippen LogP contribution in [0.2, 0.25) is 10.0 Å². The number of ketones is 1. The Kier molecular flexibility index (Phi) is 5.59. The van der Waals surface area contributed by atoms with E-state index in [0.29, 0.717) is 10.6 Å². The second-order valence-corrected chi connectivity index (χ2v) is 5.88. The third kappa shape index (κ3) is 4.13. The van der Waals surface area contributed by atoms with Crippen molar-refractivity contribution in [2.75, 3.05) is 0 Å². The summed E-state index contributed by atoms with van der Waals surface area (Å²) >= 11 is 11.9. The Morgan fingerprint density at radius 2 is 1.75 bits per heavy atom. The summed E-state index contributed by atoms with van der Waals surface area (Å²) in [6.45, 7) is 1.45. The van der Waals surface area contributed by atoms with Gasteiger partial charge in [-0.1, -0.05) is 29.3 Å². The van der Waals surface area contributed by atoms with Gasteiger partial charge in [-0.05, 0) is 42.8 Å². The average molecular weight is 366 g/mol. The van der Waals surface area contributed by atoms with E-state index in [1.54, 1.807) is 0 Å². The summed E-state index contributed by atoms with van der Waals surface area (Å²) in [5.41, 5.74) is 1.06. The number of carbonyl (C=O) groups excluding carboxylic acids is 2. The van der Waals surface area contributed by atoms with Gasteiger partial charge in [-0.3, -0.25) is 9.59 Å². The minimum absolute atomic E-state index is 0.0591. The van der Waals surface area contributed by atoms with Crippen LogP contribution in [0.1, 0.15) is 43.6 Å². The van der Waals surface area contributed by atoms with Gasteiger partial charge in [-0.15, -0.1) is 0 Å². The van der Waals surface area contributed by atoms with Crippen LogP contribution < -0.4 is 5.32 Å². The molecular weight excluding hydrogens is 353 g/mol. The molecule has 0 aliphatic heterocycles. The van der Waals surface area contributed by atoms with Crippen LogP contribution >= 0.6 is 23.2 Å². The Morgan fingerprint density at radius 3 is 2.33 bits per heavy atom. The van der Waals surface area contributed by atoms with Gasteiger partial charge in [-0.2, -0.15) is 0 Å². The molecular formula is C17H13Cl2NO4. The number of hydrogen-bond acceptors (Lipinski definition) is 3. The van der Waals surface area contributed by atoms with Gasteiger partial charge in [0.25, 0.3) is 5.91 Å². The normalized spacial score (nSPS) is 10.3. The van der Waals surface area contributed by atoms with E-state index in [0.717, 1.165) is 0 Å². The maximum Gasteiger partial charge on any atom is 0.335 e. The van der Waals surface area contributed by atoms with Gasteiger partial charge in [0.05, 0.1) is 11.1 Å². The second kappa shape index (κ2) is 7.47. The molecule has 2 N–H and O–H groups in total. The van der Waals surface area contributed by atoms with Crippen LogP contribution in [0, 0.1) is 0 Å². The van der Waals surface area contributed by atoms with E-state index in [1.807, 2.05) is 0 Å². The molecule has 2 rings (SSSR count). The summed E-state index contributed by atoms with van der Waals surface area (Å²) in [5.74, 6) is -1.81. The van der Waals surface area contributed by atoms with E-state index >= 15 is 0 Å². The number of hydrogen-bond donors (Lipinski definition) is 2. The van der Waals surface area contributed by atoms with Crippen LogP contribution in [0.3, 0.4) is 0 Å². The lowest BCUT2D eigenvalue weighted by Crippen LogP contribution is -2.25. The molecule has 0 aliphatic carbocycles. The Hall–Kier alpha value is -2.37. The number of nitrogens with one attached hydrogen (secondary N) is 1. The number of amides is 1. The van der Waals surface area contributed by atoms with E-state index in [4.69, 9.17) is 28.3 Å². The number of benzene rings is 2. The van der Waals surface area contributed by atoms with Crippen molar-refractivity contribution < 1.29 is 19.5 Å². The summed E-state index contributed by atoms with van der Waals surface area (Å²) in [7, 11) is 0. The first-order valence-electron chi connectivity index (χ1n) is 6.90. The van der Waals surface area contributed by atoms with E-state index in [9.17, 15) is 14.4 Å². The third-order valence-corrected chi connectivity index (χ3v) is 3.93. The summed E-state index contributed by atoms with van der Waals surface area (Å²) in [4.78, 5) is 34.8. The summed E-state index contributed by atoms with van der Waals surface area (Å²) in [6.07, 6.45) is 0. The molecule has 7 heteroatoms. The van der Waals surface area contributed by atoms with Crippen molar-refractivity contribution in [2.24, 2.45) is 0 Å². The van der Waals surface area contributed by atoms with Crippen molar-refractivity contribution in [3.63, 3.8) is 0 Å². The highest BCUT2D eigenvalue weighted by Crippen LogP contribution is 2.20.